The largest absolute Gasteiger partial charge is 0.454 e. The zero-order chi connectivity index (χ0) is 17.9. The van der Waals surface area contributed by atoms with E-state index in [1.807, 2.05) is 29.8 Å². The lowest BCUT2D eigenvalue weighted by Crippen LogP contribution is -2.31. The second-order valence-corrected chi connectivity index (χ2v) is 6.57. The van der Waals surface area contributed by atoms with Crippen LogP contribution in [-0.4, -0.2) is 52.2 Å². The predicted octanol–water partition coefficient (Wildman–Crippen LogP) is 1.59. The average Bonchev–Trinajstić information content (AvgIpc) is 3.35. The van der Waals surface area contributed by atoms with Crippen LogP contribution in [0.2, 0.25) is 0 Å². The summed E-state index contributed by atoms with van der Waals surface area (Å²) in [6.45, 7) is 5.23. The number of piperidine rings is 1. The molecule has 2 aliphatic heterocycles. The molecular formula is C18H23N5O3. The minimum atomic E-state index is -0.106. The number of carbonyl (C=O) groups excluding carboxylic acids is 1. The summed E-state index contributed by atoms with van der Waals surface area (Å²) >= 11 is 0. The van der Waals surface area contributed by atoms with Crippen LogP contribution >= 0.6 is 0 Å². The normalized spacial score (nSPS) is 16.7. The van der Waals surface area contributed by atoms with Crippen molar-refractivity contribution < 1.29 is 14.3 Å². The van der Waals surface area contributed by atoms with Crippen molar-refractivity contribution in [2.45, 2.75) is 32.4 Å². The van der Waals surface area contributed by atoms with Gasteiger partial charge in [-0.05, 0) is 50.6 Å². The number of carbonyl (C=O) groups is 1. The van der Waals surface area contributed by atoms with Crippen LogP contribution in [0.1, 0.15) is 41.9 Å². The molecule has 0 atom stereocenters. The van der Waals surface area contributed by atoms with Gasteiger partial charge in [0.25, 0.3) is 5.91 Å². The molecule has 1 aromatic heterocycles. The van der Waals surface area contributed by atoms with Gasteiger partial charge in [-0.3, -0.25) is 4.79 Å². The number of amides is 1. The highest BCUT2D eigenvalue weighted by atomic mass is 16.7. The average molecular weight is 357 g/mol. The predicted molar refractivity (Wildman–Crippen MR) is 94.1 cm³/mol. The summed E-state index contributed by atoms with van der Waals surface area (Å²) in [6.07, 6.45) is 3.79. The van der Waals surface area contributed by atoms with Crippen molar-refractivity contribution in [1.82, 2.24) is 25.2 Å². The van der Waals surface area contributed by atoms with Gasteiger partial charge in [-0.2, -0.15) is 0 Å². The van der Waals surface area contributed by atoms with Crippen LogP contribution in [0.5, 0.6) is 11.5 Å². The Morgan fingerprint density at radius 3 is 2.92 bits per heavy atom. The van der Waals surface area contributed by atoms with E-state index in [9.17, 15) is 4.79 Å². The van der Waals surface area contributed by atoms with Crippen LogP contribution in [0, 0.1) is 0 Å². The molecule has 1 N–H and O–H groups in total. The zero-order valence-electron chi connectivity index (χ0n) is 14.9. The first kappa shape index (κ1) is 16.8. The Hall–Kier alpha value is -2.61. The third-order valence-corrected chi connectivity index (χ3v) is 4.89. The van der Waals surface area contributed by atoms with Gasteiger partial charge in [0.1, 0.15) is 0 Å². The van der Waals surface area contributed by atoms with Crippen molar-refractivity contribution in [3.8, 4) is 11.5 Å². The fourth-order valence-corrected chi connectivity index (χ4v) is 3.37. The smallest absolute Gasteiger partial charge is 0.276 e. The van der Waals surface area contributed by atoms with E-state index < -0.39 is 0 Å². The molecule has 0 radical (unpaired) electrons. The Balaban J connectivity index is 1.46. The van der Waals surface area contributed by atoms with Crippen molar-refractivity contribution in [3.63, 3.8) is 0 Å². The van der Waals surface area contributed by atoms with Crippen molar-refractivity contribution in [2.75, 3.05) is 26.4 Å². The zero-order valence-corrected chi connectivity index (χ0v) is 14.9. The SMILES string of the molecule is CCN(Cc1ccc2c(c1)OCO2)C(=O)c1cn(C2CCNCC2)nn1. The molecule has 26 heavy (non-hydrogen) atoms. The molecule has 2 aliphatic rings. The van der Waals surface area contributed by atoms with Gasteiger partial charge in [-0.25, -0.2) is 4.68 Å². The van der Waals surface area contributed by atoms with Gasteiger partial charge >= 0.3 is 0 Å². The number of nitrogens with one attached hydrogen (secondary N) is 1. The number of benzene rings is 1. The topological polar surface area (TPSA) is 81.5 Å². The van der Waals surface area contributed by atoms with Crippen LogP contribution in [-0.2, 0) is 6.54 Å². The molecule has 0 bridgehead atoms. The second kappa shape index (κ2) is 7.33. The number of nitrogens with zero attached hydrogens (tertiary/aromatic N) is 4. The van der Waals surface area contributed by atoms with Crippen molar-refractivity contribution >= 4 is 5.91 Å². The molecule has 1 aromatic carbocycles. The molecule has 8 nitrogen and oxygen atoms in total. The maximum Gasteiger partial charge on any atom is 0.276 e. The maximum absolute atomic E-state index is 12.9. The summed E-state index contributed by atoms with van der Waals surface area (Å²) in [5.41, 5.74) is 1.39. The monoisotopic (exact) mass is 357 g/mol. The van der Waals surface area contributed by atoms with E-state index in [1.54, 1.807) is 11.1 Å². The lowest BCUT2D eigenvalue weighted by atomic mass is 10.1. The molecule has 0 spiro atoms. The van der Waals surface area contributed by atoms with E-state index in [0.29, 0.717) is 24.8 Å². The molecule has 8 heteroatoms. The Kier molecular flexibility index (Phi) is 4.75. The van der Waals surface area contributed by atoms with E-state index in [4.69, 9.17) is 9.47 Å². The van der Waals surface area contributed by atoms with Gasteiger partial charge in [0.15, 0.2) is 17.2 Å². The van der Waals surface area contributed by atoms with Gasteiger partial charge in [0.05, 0.1) is 12.2 Å². The Morgan fingerprint density at radius 1 is 1.31 bits per heavy atom. The first-order valence-electron chi connectivity index (χ1n) is 9.05. The van der Waals surface area contributed by atoms with Crippen molar-refractivity contribution in [1.29, 1.82) is 0 Å². The molecule has 1 saturated heterocycles. The number of ether oxygens (including phenoxy) is 2. The van der Waals surface area contributed by atoms with Gasteiger partial charge < -0.3 is 19.7 Å². The molecule has 3 heterocycles. The molecule has 4 rings (SSSR count). The highest BCUT2D eigenvalue weighted by molar-refractivity contribution is 5.91. The minimum absolute atomic E-state index is 0.106. The highest BCUT2D eigenvalue weighted by Gasteiger charge is 2.22. The lowest BCUT2D eigenvalue weighted by Gasteiger charge is -2.22. The van der Waals surface area contributed by atoms with Gasteiger partial charge in [-0.1, -0.05) is 11.3 Å². The second-order valence-electron chi connectivity index (χ2n) is 6.57. The maximum atomic E-state index is 12.9. The first-order chi connectivity index (χ1) is 12.7. The number of aromatic nitrogens is 3. The highest BCUT2D eigenvalue weighted by Crippen LogP contribution is 2.32. The van der Waals surface area contributed by atoms with Gasteiger partial charge in [0, 0.05) is 13.1 Å². The molecule has 0 unspecified atom stereocenters. The standard InChI is InChI=1S/C18H23N5O3/c1-2-22(10-13-3-4-16-17(9-13)26-12-25-16)18(24)15-11-23(21-20-15)14-5-7-19-8-6-14/h3-4,9,11,14,19H,2,5-8,10,12H2,1H3. The van der Waals surface area contributed by atoms with E-state index in [-0.39, 0.29) is 12.7 Å². The van der Waals surface area contributed by atoms with Gasteiger partial charge in [0.2, 0.25) is 6.79 Å². The summed E-state index contributed by atoms with van der Waals surface area (Å²) in [7, 11) is 0. The summed E-state index contributed by atoms with van der Waals surface area (Å²) in [4.78, 5) is 14.6. The first-order valence-corrected chi connectivity index (χ1v) is 9.05. The fourth-order valence-electron chi connectivity index (χ4n) is 3.37. The summed E-state index contributed by atoms with van der Waals surface area (Å²) in [5.74, 6) is 1.36. The van der Waals surface area contributed by atoms with Crippen molar-refractivity contribution in [3.05, 3.63) is 35.7 Å². The summed E-state index contributed by atoms with van der Waals surface area (Å²) < 4.78 is 12.6. The van der Waals surface area contributed by atoms with Crippen LogP contribution in [0.4, 0.5) is 0 Å². The Morgan fingerprint density at radius 2 is 2.12 bits per heavy atom. The summed E-state index contributed by atoms with van der Waals surface area (Å²) in [6, 6.07) is 6.07. The molecule has 1 amide bonds. The van der Waals surface area contributed by atoms with E-state index in [2.05, 4.69) is 15.6 Å². The number of rotatable bonds is 5. The quantitative estimate of drug-likeness (QED) is 0.875. The fraction of sp³-hybridized carbons (Fsp3) is 0.500. The van der Waals surface area contributed by atoms with Gasteiger partial charge in [-0.15, -0.1) is 5.10 Å². The molecule has 0 saturated carbocycles. The third-order valence-electron chi connectivity index (χ3n) is 4.89. The lowest BCUT2D eigenvalue weighted by molar-refractivity contribution is 0.0746. The van der Waals surface area contributed by atoms with Crippen LogP contribution in [0.25, 0.3) is 0 Å². The molecule has 138 valence electrons. The minimum Gasteiger partial charge on any atom is -0.454 e. The van der Waals surface area contributed by atoms with E-state index >= 15 is 0 Å². The number of hydrogen-bond donors (Lipinski definition) is 1. The van der Waals surface area contributed by atoms with Crippen LogP contribution in [0.3, 0.4) is 0 Å². The van der Waals surface area contributed by atoms with E-state index in [1.165, 1.54) is 0 Å². The number of hydrogen-bond acceptors (Lipinski definition) is 6. The summed E-state index contributed by atoms with van der Waals surface area (Å²) in [5, 5.41) is 11.6. The Bertz CT molecular complexity index is 785. The van der Waals surface area contributed by atoms with E-state index in [0.717, 1.165) is 43.0 Å². The molecule has 1 fully saturated rings. The molecular weight excluding hydrogens is 334 g/mol. The third kappa shape index (κ3) is 3.37. The molecule has 0 aliphatic carbocycles. The van der Waals surface area contributed by atoms with Crippen LogP contribution in [0.15, 0.2) is 24.4 Å². The van der Waals surface area contributed by atoms with Crippen LogP contribution < -0.4 is 14.8 Å². The molecule has 2 aromatic rings. The number of fused-ring (bicyclic) bond motifs is 1. The van der Waals surface area contributed by atoms with Crippen molar-refractivity contribution in [2.24, 2.45) is 0 Å². The Labute approximate surface area is 152 Å².